The molecule has 1 unspecified atom stereocenters. The molecule has 0 aromatic carbocycles. The summed E-state index contributed by atoms with van der Waals surface area (Å²) in [4.78, 5) is 23.7. The first-order valence-electron chi connectivity index (χ1n) is 4.88. The van der Waals surface area contributed by atoms with Crippen molar-refractivity contribution in [3.8, 4) is 0 Å². The zero-order valence-corrected chi connectivity index (χ0v) is 8.06. The number of hydrogen-bond donors (Lipinski definition) is 2. The Morgan fingerprint density at radius 2 is 2.21 bits per heavy atom. The first kappa shape index (κ1) is 9.30. The van der Waals surface area contributed by atoms with Crippen LogP contribution in [0.3, 0.4) is 0 Å². The molecule has 0 aromatic heterocycles. The molecule has 2 amide bonds. The summed E-state index contributed by atoms with van der Waals surface area (Å²) in [5.74, 6) is -0.988. The van der Waals surface area contributed by atoms with Crippen molar-refractivity contribution in [1.82, 2.24) is 10.2 Å². The molecule has 0 spiro atoms. The number of hydrogen-bond acceptors (Lipinski definition) is 2. The molecule has 1 aliphatic heterocycles. The Kier molecular flexibility index (Phi) is 2.09. The standard InChI is InChI=1S/C9H14N2O3/c1-5-4-11(9(14)10-5)7-2-6(3-7)8(12)13/h5-7H,2-4H2,1H3,(H,10,14)(H,12,13). The summed E-state index contributed by atoms with van der Waals surface area (Å²) >= 11 is 0. The second-order valence-corrected chi connectivity index (χ2v) is 4.16. The first-order valence-corrected chi connectivity index (χ1v) is 4.88. The Bertz CT molecular complexity index is 273. The average Bonchev–Trinajstić information content (AvgIpc) is 2.26. The van der Waals surface area contributed by atoms with E-state index in [9.17, 15) is 9.59 Å². The van der Waals surface area contributed by atoms with Crippen molar-refractivity contribution in [3.05, 3.63) is 0 Å². The number of rotatable bonds is 2. The molecule has 2 fully saturated rings. The zero-order chi connectivity index (χ0) is 10.3. The summed E-state index contributed by atoms with van der Waals surface area (Å²) in [5.41, 5.74) is 0. The van der Waals surface area contributed by atoms with Gasteiger partial charge in [0.1, 0.15) is 0 Å². The van der Waals surface area contributed by atoms with Crippen LogP contribution in [0.15, 0.2) is 0 Å². The molecule has 1 saturated carbocycles. The Hall–Kier alpha value is -1.26. The van der Waals surface area contributed by atoms with Crippen LogP contribution in [0, 0.1) is 5.92 Å². The molecule has 2 rings (SSSR count). The molecule has 1 heterocycles. The van der Waals surface area contributed by atoms with E-state index in [1.807, 2.05) is 6.92 Å². The summed E-state index contributed by atoms with van der Waals surface area (Å²) in [7, 11) is 0. The van der Waals surface area contributed by atoms with Crippen molar-refractivity contribution in [2.24, 2.45) is 5.92 Å². The summed E-state index contributed by atoms with van der Waals surface area (Å²) in [5, 5.41) is 11.5. The van der Waals surface area contributed by atoms with Gasteiger partial charge in [0.2, 0.25) is 0 Å². The minimum Gasteiger partial charge on any atom is -0.481 e. The number of amides is 2. The van der Waals surface area contributed by atoms with Gasteiger partial charge in [0.25, 0.3) is 0 Å². The lowest BCUT2D eigenvalue weighted by Crippen LogP contribution is -2.48. The van der Waals surface area contributed by atoms with Crippen LogP contribution >= 0.6 is 0 Å². The summed E-state index contributed by atoms with van der Waals surface area (Å²) in [6.45, 7) is 2.65. The highest BCUT2D eigenvalue weighted by atomic mass is 16.4. The number of nitrogens with zero attached hydrogens (tertiary/aromatic N) is 1. The number of carboxylic acid groups (broad SMARTS) is 1. The van der Waals surface area contributed by atoms with E-state index in [0.29, 0.717) is 19.4 Å². The summed E-state index contributed by atoms with van der Waals surface area (Å²) < 4.78 is 0. The first-order chi connectivity index (χ1) is 6.58. The Balaban J connectivity index is 1.88. The lowest BCUT2D eigenvalue weighted by atomic mass is 9.79. The van der Waals surface area contributed by atoms with Crippen molar-refractivity contribution >= 4 is 12.0 Å². The molecule has 1 saturated heterocycles. The predicted octanol–water partition coefficient (Wildman–Crippen LogP) is 0.263. The monoisotopic (exact) mass is 198 g/mol. The third kappa shape index (κ3) is 1.42. The molecule has 2 aliphatic rings. The number of nitrogens with one attached hydrogen (secondary N) is 1. The highest BCUT2D eigenvalue weighted by molar-refractivity contribution is 5.78. The molecule has 0 aromatic rings. The second kappa shape index (κ2) is 3.15. The minimum absolute atomic E-state index is 0.0497. The van der Waals surface area contributed by atoms with E-state index in [1.165, 1.54) is 0 Å². The Morgan fingerprint density at radius 1 is 1.57 bits per heavy atom. The molecular weight excluding hydrogens is 184 g/mol. The van der Waals surface area contributed by atoms with Crippen molar-refractivity contribution < 1.29 is 14.7 Å². The van der Waals surface area contributed by atoms with Crippen LogP contribution in [-0.2, 0) is 4.79 Å². The smallest absolute Gasteiger partial charge is 0.317 e. The van der Waals surface area contributed by atoms with Gasteiger partial charge in [-0.25, -0.2) is 4.79 Å². The Labute approximate surface area is 82.1 Å². The molecule has 1 atom stereocenters. The lowest BCUT2D eigenvalue weighted by Gasteiger charge is -2.38. The van der Waals surface area contributed by atoms with Gasteiger partial charge in [0.15, 0.2) is 0 Å². The van der Waals surface area contributed by atoms with Gasteiger partial charge < -0.3 is 15.3 Å². The highest BCUT2D eigenvalue weighted by Crippen LogP contribution is 2.33. The van der Waals surface area contributed by atoms with Gasteiger partial charge in [0.05, 0.1) is 5.92 Å². The van der Waals surface area contributed by atoms with Crippen molar-refractivity contribution in [2.75, 3.05) is 6.54 Å². The SMILES string of the molecule is CC1CN(C2CC(C(=O)O)C2)C(=O)N1. The van der Waals surface area contributed by atoms with Crippen molar-refractivity contribution in [1.29, 1.82) is 0 Å². The van der Waals surface area contributed by atoms with E-state index in [1.54, 1.807) is 4.90 Å². The van der Waals surface area contributed by atoms with Crippen LogP contribution in [0.25, 0.3) is 0 Å². The normalized spacial score (nSPS) is 36.5. The van der Waals surface area contributed by atoms with E-state index >= 15 is 0 Å². The maximum absolute atomic E-state index is 11.4. The molecule has 0 radical (unpaired) electrons. The van der Waals surface area contributed by atoms with Crippen LogP contribution in [0.5, 0.6) is 0 Å². The fourth-order valence-corrected chi connectivity index (χ4v) is 2.08. The van der Waals surface area contributed by atoms with Gasteiger partial charge >= 0.3 is 12.0 Å². The molecule has 0 bridgehead atoms. The number of carbonyl (C=O) groups excluding carboxylic acids is 1. The van der Waals surface area contributed by atoms with Gasteiger partial charge in [-0.1, -0.05) is 0 Å². The maximum Gasteiger partial charge on any atom is 0.317 e. The molecule has 1 aliphatic carbocycles. The topological polar surface area (TPSA) is 69.6 Å². The Morgan fingerprint density at radius 3 is 2.64 bits per heavy atom. The fraction of sp³-hybridized carbons (Fsp3) is 0.778. The summed E-state index contributed by atoms with van der Waals surface area (Å²) in [6.07, 6.45) is 1.21. The fourth-order valence-electron chi connectivity index (χ4n) is 2.08. The quantitative estimate of drug-likeness (QED) is 0.668. The number of carboxylic acids is 1. The van der Waals surface area contributed by atoms with E-state index in [2.05, 4.69) is 5.32 Å². The average molecular weight is 198 g/mol. The molecular formula is C9H14N2O3. The van der Waals surface area contributed by atoms with E-state index in [0.717, 1.165) is 0 Å². The molecule has 14 heavy (non-hydrogen) atoms. The summed E-state index contributed by atoms with van der Waals surface area (Å²) in [6, 6.07) is 0.277. The van der Waals surface area contributed by atoms with E-state index < -0.39 is 5.97 Å². The van der Waals surface area contributed by atoms with Crippen LogP contribution in [-0.4, -0.2) is 40.6 Å². The van der Waals surface area contributed by atoms with Crippen LogP contribution < -0.4 is 5.32 Å². The molecule has 5 nitrogen and oxygen atoms in total. The van der Waals surface area contributed by atoms with Crippen molar-refractivity contribution in [3.63, 3.8) is 0 Å². The van der Waals surface area contributed by atoms with Gasteiger partial charge in [-0.15, -0.1) is 0 Å². The van der Waals surface area contributed by atoms with Gasteiger partial charge in [0, 0.05) is 18.6 Å². The number of aliphatic carboxylic acids is 1. The third-order valence-electron chi connectivity index (χ3n) is 3.00. The second-order valence-electron chi connectivity index (χ2n) is 4.16. The molecule has 5 heteroatoms. The zero-order valence-electron chi connectivity index (χ0n) is 8.06. The van der Waals surface area contributed by atoms with E-state index in [-0.39, 0.29) is 24.0 Å². The largest absolute Gasteiger partial charge is 0.481 e. The van der Waals surface area contributed by atoms with E-state index in [4.69, 9.17) is 5.11 Å². The van der Waals surface area contributed by atoms with Crippen molar-refractivity contribution in [2.45, 2.75) is 31.8 Å². The van der Waals surface area contributed by atoms with Crippen LogP contribution in [0.1, 0.15) is 19.8 Å². The van der Waals surface area contributed by atoms with Gasteiger partial charge in [-0.05, 0) is 19.8 Å². The lowest BCUT2D eigenvalue weighted by molar-refractivity contribution is -0.146. The third-order valence-corrected chi connectivity index (χ3v) is 3.00. The molecule has 78 valence electrons. The number of urea groups is 1. The van der Waals surface area contributed by atoms with Gasteiger partial charge in [-0.2, -0.15) is 0 Å². The molecule has 2 N–H and O–H groups in total. The predicted molar refractivity (Wildman–Crippen MR) is 48.8 cm³/mol. The van der Waals surface area contributed by atoms with Gasteiger partial charge in [-0.3, -0.25) is 4.79 Å². The number of carbonyl (C=O) groups is 2. The highest BCUT2D eigenvalue weighted by Gasteiger charge is 2.42. The van der Waals surface area contributed by atoms with Crippen LogP contribution in [0.2, 0.25) is 0 Å². The van der Waals surface area contributed by atoms with Crippen LogP contribution in [0.4, 0.5) is 4.79 Å². The maximum atomic E-state index is 11.4. The minimum atomic E-state index is -0.742.